The highest BCUT2D eigenvalue weighted by atomic mass is 19.3. The molecule has 0 aromatic carbocycles. The van der Waals surface area contributed by atoms with Crippen LogP contribution in [0.1, 0.15) is 0 Å². The molecule has 70 valence electrons. The summed E-state index contributed by atoms with van der Waals surface area (Å²) in [5.41, 5.74) is -0.532. The van der Waals surface area contributed by atoms with Crippen molar-refractivity contribution in [1.82, 2.24) is 4.98 Å². The first kappa shape index (κ1) is 9.30. The number of hydrogen-bond donors (Lipinski definition) is 0. The van der Waals surface area contributed by atoms with E-state index in [2.05, 4.69) is 9.72 Å². The Bertz CT molecular complexity index is 319. The maximum Gasteiger partial charge on any atom is 0.387 e. The van der Waals surface area contributed by atoms with E-state index in [9.17, 15) is 18.9 Å². The molecule has 7 heteroatoms. The fraction of sp³-hybridized carbons (Fsp3) is 0.167. The third kappa shape index (κ3) is 2.32. The fourth-order valence-corrected chi connectivity index (χ4v) is 0.710. The monoisotopic (exact) mass is 190 g/mol. The molecule has 0 bridgehead atoms. The summed E-state index contributed by atoms with van der Waals surface area (Å²) in [7, 11) is 0. The van der Waals surface area contributed by atoms with Crippen LogP contribution in [0.5, 0.6) is 5.75 Å². The lowest BCUT2D eigenvalue weighted by molar-refractivity contribution is -0.386. The van der Waals surface area contributed by atoms with E-state index in [0.29, 0.717) is 0 Å². The SMILES string of the molecule is O=[N+]([O-])c1ccncc1OC(F)F. The van der Waals surface area contributed by atoms with Gasteiger partial charge in [-0.15, -0.1) is 0 Å². The first-order valence-corrected chi connectivity index (χ1v) is 3.14. The van der Waals surface area contributed by atoms with E-state index < -0.39 is 23.0 Å². The molecule has 0 saturated heterocycles. The molecule has 0 fully saturated rings. The third-order valence-corrected chi connectivity index (χ3v) is 1.18. The minimum Gasteiger partial charge on any atom is -0.426 e. The Morgan fingerprint density at radius 2 is 2.31 bits per heavy atom. The van der Waals surface area contributed by atoms with E-state index in [1.807, 2.05) is 0 Å². The second kappa shape index (κ2) is 3.74. The van der Waals surface area contributed by atoms with E-state index in [0.717, 1.165) is 18.5 Å². The normalized spacial score (nSPS) is 10.1. The molecular formula is C6H4F2N2O3. The standard InChI is InChI=1S/C6H4F2N2O3/c7-6(8)13-5-3-9-2-1-4(5)10(11)12/h1-3,6H. The molecular weight excluding hydrogens is 186 g/mol. The third-order valence-electron chi connectivity index (χ3n) is 1.18. The van der Waals surface area contributed by atoms with Crippen molar-refractivity contribution in [2.24, 2.45) is 0 Å². The van der Waals surface area contributed by atoms with Crippen LogP contribution in [0.3, 0.4) is 0 Å². The molecule has 1 rings (SSSR count). The minimum atomic E-state index is -3.09. The van der Waals surface area contributed by atoms with E-state index >= 15 is 0 Å². The lowest BCUT2D eigenvalue weighted by atomic mass is 10.4. The Hall–Kier alpha value is -1.79. The van der Waals surface area contributed by atoms with Crippen LogP contribution in [0.2, 0.25) is 0 Å². The van der Waals surface area contributed by atoms with Crippen molar-refractivity contribution < 1.29 is 18.4 Å². The smallest absolute Gasteiger partial charge is 0.387 e. The van der Waals surface area contributed by atoms with Gasteiger partial charge in [0.15, 0.2) is 0 Å². The summed E-state index contributed by atoms with van der Waals surface area (Å²) < 4.78 is 27.3. The topological polar surface area (TPSA) is 65.3 Å². The predicted molar refractivity (Wildman–Crippen MR) is 37.5 cm³/mol. The zero-order valence-electron chi connectivity index (χ0n) is 6.18. The molecule has 0 saturated carbocycles. The molecule has 13 heavy (non-hydrogen) atoms. The van der Waals surface area contributed by atoms with Gasteiger partial charge in [-0.05, 0) is 0 Å². The molecule has 1 aromatic rings. The van der Waals surface area contributed by atoms with Crippen LogP contribution >= 0.6 is 0 Å². The second-order valence-electron chi connectivity index (χ2n) is 1.98. The van der Waals surface area contributed by atoms with Gasteiger partial charge in [-0.1, -0.05) is 0 Å². The maximum atomic E-state index is 11.7. The zero-order chi connectivity index (χ0) is 9.84. The number of halogens is 2. The van der Waals surface area contributed by atoms with Gasteiger partial charge in [-0.3, -0.25) is 15.1 Å². The van der Waals surface area contributed by atoms with Gasteiger partial charge in [0.05, 0.1) is 11.1 Å². The zero-order valence-corrected chi connectivity index (χ0v) is 6.18. The van der Waals surface area contributed by atoms with Crippen LogP contribution in [0.25, 0.3) is 0 Å². The number of nitrogens with zero attached hydrogens (tertiary/aromatic N) is 2. The Kier molecular flexibility index (Phi) is 2.68. The van der Waals surface area contributed by atoms with E-state index in [4.69, 9.17) is 0 Å². The lowest BCUT2D eigenvalue weighted by Gasteiger charge is -2.02. The highest BCUT2D eigenvalue weighted by Crippen LogP contribution is 2.25. The lowest BCUT2D eigenvalue weighted by Crippen LogP contribution is -2.04. The summed E-state index contributed by atoms with van der Waals surface area (Å²) in [6.07, 6.45) is 1.99. The van der Waals surface area contributed by atoms with Gasteiger partial charge in [0, 0.05) is 12.3 Å². The summed E-state index contributed by atoms with van der Waals surface area (Å²) in [6, 6.07) is 0.984. The summed E-state index contributed by atoms with van der Waals surface area (Å²) in [4.78, 5) is 12.9. The van der Waals surface area contributed by atoms with Crippen molar-refractivity contribution >= 4 is 5.69 Å². The Morgan fingerprint density at radius 3 is 2.85 bits per heavy atom. The predicted octanol–water partition coefficient (Wildman–Crippen LogP) is 1.59. The van der Waals surface area contributed by atoms with Crippen molar-refractivity contribution in [3.63, 3.8) is 0 Å². The number of rotatable bonds is 3. The minimum absolute atomic E-state index is 0.532. The molecule has 1 heterocycles. The molecule has 0 amide bonds. The molecule has 5 nitrogen and oxygen atoms in total. The molecule has 0 aliphatic heterocycles. The van der Waals surface area contributed by atoms with Gasteiger partial charge in [0.2, 0.25) is 5.75 Å². The van der Waals surface area contributed by atoms with Gasteiger partial charge >= 0.3 is 12.3 Å². The van der Waals surface area contributed by atoms with Gasteiger partial charge in [0.1, 0.15) is 0 Å². The van der Waals surface area contributed by atoms with Gasteiger partial charge < -0.3 is 4.74 Å². The van der Waals surface area contributed by atoms with Gasteiger partial charge in [-0.2, -0.15) is 8.78 Å². The molecule has 0 aliphatic carbocycles. The van der Waals surface area contributed by atoms with E-state index in [1.165, 1.54) is 0 Å². The van der Waals surface area contributed by atoms with Gasteiger partial charge in [-0.25, -0.2) is 0 Å². The van der Waals surface area contributed by atoms with Crippen LogP contribution in [0.15, 0.2) is 18.5 Å². The average Bonchev–Trinajstić information content (AvgIpc) is 2.03. The summed E-state index contributed by atoms with van der Waals surface area (Å²) in [6.45, 7) is -3.09. The molecule has 0 radical (unpaired) electrons. The van der Waals surface area contributed by atoms with E-state index in [-0.39, 0.29) is 0 Å². The van der Waals surface area contributed by atoms with Crippen LogP contribution < -0.4 is 4.74 Å². The highest BCUT2D eigenvalue weighted by Gasteiger charge is 2.17. The van der Waals surface area contributed by atoms with Crippen molar-refractivity contribution in [3.8, 4) is 5.75 Å². The highest BCUT2D eigenvalue weighted by molar-refractivity contribution is 5.43. The molecule has 0 unspecified atom stereocenters. The van der Waals surface area contributed by atoms with Crippen molar-refractivity contribution in [2.45, 2.75) is 6.61 Å². The summed E-state index contributed by atoms with van der Waals surface area (Å²) in [5.74, 6) is -0.539. The van der Waals surface area contributed by atoms with Crippen LogP contribution in [0, 0.1) is 10.1 Å². The number of pyridine rings is 1. The van der Waals surface area contributed by atoms with Gasteiger partial charge in [0.25, 0.3) is 0 Å². The molecule has 0 N–H and O–H groups in total. The van der Waals surface area contributed by atoms with Crippen LogP contribution in [0.4, 0.5) is 14.5 Å². The molecule has 0 atom stereocenters. The average molecular weight is 190 g/mol. The Balaban J connectivity index is 2.98. The molecule has 0 spiro atoms. The number of alkyl halides is 2. The van der Waals surface area contributed by atoms with E-state index in [1.54, 1.807) is 0 Å². The maximum absolute atomic E-state index is 11.7. The summed E-state index contributed by atoms with van der Waals surface area (Å²) >= 11 is 0. The largest absolute Gasteiger partial charge is 0.426 e. The Labute approximate surface area is 71.1 Å². The van der Waals surface area contributed by atoms with Crippen molar-refractivity contribution in [2.75, 3.05) is 0 Å². The van der Waals surface area contributed by atoms with Crippen LogP contribution in [-0.2, 0) is 0 Å². The molecule has 0 aliphatic rings. The van der Waals surface area contributed by atoms with Crippen molar-refractivity contribution in [3.05, 3.63) is 28.6 Å². The van der Waals surface area contributed by atoms with Crippen LogP contribution in [-0.4, -0.2) is 16.5 Å². The number of ether oxygens (including phenoxy) is 1. The number of nitro groups is 1. The Morgan fingerprint density at radius 1 is 1.62 bits per heavy atom. The quantitative estimate of drug-likeness (QED) is 0.536. The first-order chi connectivity index (χ1) is 6.11. The number of aromatic nitrogens is 1. The van der Waals surface area contributed by atoms with Crippen molar-refractivity contribution in [1.29, 1.82) is 0 Å². The fourth-order valence-electron chi connectivity index (χ4n) is 0.710. The first-order valence-electron chi connectivity index (χ1n) is 3.14. The summed E-state index contributed by atoms with van der Waals surface area (Å²) in [5, 5.41) is 10.3. The second-order valence-corrected chi connectivity index (χ2v) is 1.98. The molecule has 1 aromatic heterocycles. The number of hydrogen-bond acceptors (Lipinski definition) is 4.